The van der Waals surface area contributed by atoms with Crippen LogP contribution in [0.1, 0.15) is 11.4 Å². The van der Waals surface area contributed by atoms with Crippen molar-refractivity contribution in [1.29, 1.82) is 5.26 Å². The molecule has 2 heterocycles. The molecule has 3 aromatic rings. The Morgan fingerprint density at radius 2 is 2.35 bits per heavy atom. The van der Waals surface area contributed by atoms with Crippen LogP contribution in [0.25, 0.3) is 11.0 Å². The van der Waals surface area contributed by atoms with Gasteiger partial charge in [0.2, 0.25) is 0 Å². The van der Waals surface area contributed by atoms with E-state index in [4.69, 9.17) is 5.26 Å². The minimum Gasteiger partial charge on any atom is -0.340 e. The van der Waals surface area contributed by atoms with Crippen LogP contribution in [-0.2, 0) is 6.54 Å². The number of aromatic amines is 1. The summed E-state index contributed by atoms with van der Waals surface area (Å²) in [4.78, 5) is 11.4. The van der Waals surface area contributed by atoms with Crippen molar-refractivity contribution in [3.05, 3.63) is 42.2 Å². The molecule has 0 aliphatic heterocycles. The summed E-state index contributed by atoms with van der Waals surface area (Å²) in [5, 5.41) is 13.0. The molecule has 1 N–H and O–H groups in total. The summed E-state index contributed by atoms with van der Waals surface area (Å²) in [7, 11) is 0. The number of aromatic nitrogens is 5. The third kappa shape index (κ3) is 1.63. The van der Waals surface area contributed by atoms with Gasteiger partial charge in [-0.15, -0.1) is 0 Å². The summed E-state index contributed by atoms with van der Waals surface area (Å²) in [6.45, 7) is 0.513. The first-order chi connectivity index (χ1) is 8.36. The van der Waals surface area contributed by atoms with Crippen molar-refractivity contribution in [2.45, 2.75) is 6.54 Å². The van der Waals surface area contributed by atoms with Gasteiger partial charge in [0.05, 0.1) is 11.1 Å². The van der Waals surface area contributed by atoms with Crippen LogP contribution in [0, 0.1) is 11.3 Å². The summed E-state index contributed by atoms with van der Waals surface area (Å²) in [6.07, 6.45) is 3.10. The largest absolute Gasteiger partial charge is 0.340 e. The van der Waals surface area contributed by atoms with Gasteiger partial charge in [0, 0.05) is 0 Å². The van der Waals surface area contributed by atoms with Crippen LogP contribution in [0.3, 0.4) is 0 Å². The van der Waals surface area contributed by atoms with Crippen molar-refractivity contribution < 1.29 is 0 Å². The van der Waals surface area contributed by atoms with E-state index in [-0.39, 0.29) is 0 Å². The second-order valence-corrected chi connectivity index (χ2v) is 3.59. The Hall–Kier alpha value is -2.68. The number of fused-ring (bicyclic) bond motifs is 1. The molecular weight excluding hydrogens is 216 g/mol. The molecule has 17 heavy (non-hydrogen) atoms. The van der Waals surface area contributed by atoms with Gasteiger partial charge in [0.25, 0.3) is 0 Å². The predicted octanol–water partition coefficient (Wildman–Crippen LogP) is 1.07. The fourth-order valence-corrected chi connectivity index (χ4v) is 1.72. The first-order valence-electron chi connectivity index (χ1n) is 5.07. The monoisotopic (exact) mass is 224 g/mol. The number of hydrogen-bond acceptors (Lipinski definition) is 4. The highest BCUT2D eigenvalue weighted by atomic mass is 15.3. The van der Waals surface area contributed by atoms with Gasteiger partial charge in [-0.3, -0.25) is 0 Å². The van der Waals surface area contributed by atoms with Crippen LogP contribution in [-0.4, -0.2) is 24.7 Å². The van der Waals surface area contributed by atoms with Crippen molar-refractivity contribution in [3.63, 3.8) is 0 Å². The third-order valence-electron chi connectivity index (χ3n) is 2.46. The summed E-state index contributed by atoms with van der Waals surface area (Å²) >= 11 is 0. The average molecular weight is 224 g/mol. The van der Waals surface area contributed by atoms with Gasteiger partial charge in [0.1, 0.15) is 36.6 Å². The van der Waals surface area contributed by atoms with Crippen molar-refractivity contribution in [2.75, 3.05) is 0 Å². The van der Waals surface area contributed by atoms with E-state index < -0.39 is 0 Å². The second kappa shape index (κ2) is 3.72. The topological polar surface area (TPSA) is 83.2 Å². The van der Waals surface area contributed by atoms with Crippen LogP contribution in [0.15, 0.2) is 30.9 Å². The van der Waals surface area contributed by atoms with Gasteiger partial charge >= 0.3 is 0 Å². The van der Waals surface area contributed by atoms with Gasteiger partial charge in [-0.2, -0.15) is 10.4 Å². The van der Waals surface area contributed by atoms with Crippen molar-refractivity contribution in [1.82, 2.24) is 24.7 Å². The molecule has 82 valence electrons. The van der Waals surface area contributed by atoms with Crippen LogP contribution in [0.4, 0.5) is 0 Å². The molecule has 0 atom stereocenters. The van der Waals surface area contributed by atoms with E-state index in [2.05, 4.69) is 26.1 Å². The third-order valence-corrected chi connectivity index (χ3v) is 2.46. The number of imidazole rings is 1. The zero-order chi connectivity index (χ0) is 11.7. The maximum Gasteiger partial charge on any atom is 0.137 e. The maximum atomic E-state index is 8.97. The lowest BCUT2D eigenvalue weighted by molar-refractivity contribution is 0.661. The molecule has 0 aliphatic rings. The normalized spacial score (nSPS) is 10.5. The number of nitrogens with one attached hydrogen (secondary N) is 1. The molecule has 1 aromatic carbocycles. The van der Waals surface area contributed by atoms with E-state index in [0.29, 0.717) is 17.6 Å². The molecule has 6 nitrogen and oxygen atoms in total. The lowest BCUT2D eigenvalue weighted by atomic mass is 10.2. The van der Waals surface area contributed by atoms with Crippen LogP contribution >= 0.6 is 0 Å². The summed E-state index contributed by atoms with van der Waals surface area (Å²) in [5.41, 5.74) is 2.13. The molecular formula is C11H8N6. The maximum absolute atomic E-state index is 8.97. The fraction of sp³-hybridized carbons (Fsp3) is 0.0909. The standard InChI is InChI=1S/C11H8N6/c12-4-8-2-1-3-9-11(8)16-10(15-9)5-17-7-13-6-14-17/h1-3,6-7H,5H2,(H,15,16). The number of rotatable bonds is 2. The van der Waals surface area contributed by atoms with Crippen molar-refractivity contribution >= 4 is 11.0 Å². The van der Waals surface area contributed by atoms with Crippen LogP contribution in [0.5, 0.6) is 0 Å². The number of para-hydroxylation sites is 1. The van der Waals surface area contributed by atoms with E-state index in [1.165, 1.54) is 6.33 Å². The lowest BCUT2D eigenvalue weighted by Gasteiger charge is -1.94. The highest BCUT2D eigenvalue weighted by Gasteiger charge is 2.07. The molecule has 2 aromatic heterocycles. The minimum absolute atomic E-state index is 0.513. The number of nitriles is 1. The average Bonchev–Trinajstić information content (AvgIpc) is 2.97. The van der Waals surface area contributed by atoms with Gasteiger partial charge in [-0.25, -0.2) is 14.6 Å². The molecule has 0 saturated heterocycles. The van der Waals surface area contributed by atoms with Gasteiger partial charge in [0.15, 0.2) is 0 Å². The highest BCUT2D eigenvalue weighted by molar-refractivity contribution is 5.81. The van der Waals surface area contributed by atoms with E-state index in [0.717, 1.165) is 11.3 Å². The molecule has 0 radical (unpaired) electrons. The lowest BCUT2D eigenvalue weighted by Crippen LogP contribution is -2.01. The molecule has 0 unspecified atom stereocenters. The Morgan fingerprint density at radius 3 is 3.12 bits per heavy atom. The zero-order valence-corrected chi connectivity index (χ0v) is 8.83. The Kier molecular flexibility index (Phi) is 2.09. The smallest absolute Gasteiger partial charge is 0.137 e. The molecule has 0 saturated carbocycles. The van der Waals surface area contributed by atoms with Gasteiger partial charge < -0.3 is 4.98 Å². The quantitative estimate of drug-likeness (QED) is 0.705. The minimum atomic E-state index is 0.513. The second-order valence-electron chi connectivity index (χ2n) is 3.59. The first kappa shape index (κ1) is 9.54. The van der Waals surface area contributed by atoms with Gasteiger partial charge in [-0.1, -0.05) is 6.07 Å². The molecule has 0 amide bonds. The first-order valence-corrected chi connectivity index (χ1v) is 5.07. The Balaban J connectivity index is 2.05. The molecule has 0 aliphatic carbocycles. The van der Waals surface area contributed by atoms with E-state index in [1.807, 2.05) is 12.1 Å². The Morgan fingerprint density at radius 1 is 1.41 bits per heavy atom. The summed E-state index contributed by atoms with van der Waals surface area (Å²) < 4.78 is 1.67. The van der Waals surface area contributed by atoms with E-state index >= 15 is 0 Å². The summed E-state index contributed by atoms with van der Waals surface area (Å²) in [5.74, 6) is 0.758. The Labute approximate surface area is 96.5 Å². The zero-order valence-electron chi connectivity index (χ0n) is 8.83. The molecule has 6 heteroatoms. The summed E-state index contributed by atoms with van der Waals surface area (Å²) in [6, 6.07) is 7.61. The molecule has 3 rings (SSSR count). The molecule has 0 fully saturated rings. The van der Waals surface area contributed by atoms with E-state index in [9.17, 15) is 0 Å². The van der Waals surface area contributed by atoms with Crippen LogP contribution in [0.2, 0.25) is 0 Å². The van der Waals surface area contributed by atoms with Crippen LogP contribution < -0.4 is 0 Å². The number of benzene rings is 1. The number of nitrogens with zero attached hydrogens (tertiary/aromatic N) is 5. The number of H-pyrrole nitrogens is 1. The van der Waals surface area contributed by atoms with E-state index in [1.54, 1.807) is 17.1 Å². The highest BCUT2D eigenvalue weighted by Crippen LogP contribution is 2.15. The van der Waals surface area contributed by atoms with Crippen molar-refractivity contribution in [3.8, 4) is 6.07 Å². The molecule has 0 bridgehead atoms. The Bertz CT molecular complexity index is 688. The SMILES string of the molecule is N#Cc1cccc2[nH]c(Cn3cncn3)nc12. The van der Waals surface area contributed by atoms with Crippen molar-refractivity contribution in [2.24, 2.45) is 0 Å². The molecule has 0 spiro atoms. The number of hydrogen-bond donors (Lipinski definition) is 1. The fourth-order valence-electron chi connectivity index (χ4n) is 1.72. The van der Waals surface area contributed by atoms with Gasteiger partial charge in [-0.05, 0) is 12.1 Å². The predicted molar refractivity (Wildman–Crippen MR) is 59.9 cm³/mol.